The van der Waals surface area contributed by atoms with Crippen LogP contribution in [0.2, 0.25) is 10.0 Å². The Hall–Kier alpha value is -0.310. The number of aromatic nitrogens is 1. The molecular weight excluding hydrogens is 303 g/mol. The van der Waals surface area contributed by atoms with Crippen molar-refractivity contribution < 1.29 is 0 Å². The summed E-state index contributed by atoms with van der Waals surface area (Å²) in [4.78, 5) is 4.55. The van der Waals surface area contributed by atoms with Crippen LogP contribution < -0.4 is 5.32 Å². The maximum absolute atomic E-state index is 6.43. The monoisotopic (exact) mass is 328 g/mol. The Morgan fingerprint density at radius 3 is 2.71 bits per heavy atom. The molecule has 1 fully saturated rings. The molecule has 0 radical (unpaired) electrons. The average molecular weight is 329 g/mol. The van der Waals surface area contributed by atoms with Gasteiger partial charge in [0.2, 0.25) is 0 Å². The number of nitrogens with zero attached hydrogens (tertiary/aromatic N) is 1. The Morgan fingerprint density at radius 1 is 1.29 bits per heavy atom. The summed E-state index contributed by atoms with van der Waals surface area (Å²) in [7, 11) is 0. The van der Waals surface area contributed by atoms with Gasteiger partial charge in [-0.05, 0) is 37.3 Å². The third-order valence-corrected chi connectivity index (χ3v) is 5.17. The van der Waals surface area contributed by atoms with Crippen molar-refractivity contribution in [2.75, 3.05) is 6.54 Å². The van der Waals surface area contributed by atoms with E-state index in [0.29, 0.717) is 16.0 Å². The first-order valence-electron chi connectivity index (χ1n) is 8.21. The zero-order chi connectivity index (χ0) is 15.2. The largest absolute Gasteiger partial charge is 0.308 e. The van der Waals surface area contributed by atoms with Gasteiger partial charge in [-0.2, -0.15) is 0 Å². The van der Waals surface area contributed by atoms with Crippen LogP contribution in [-0.2, 0) is 0 Å². The number of rotatable bonds is 6. The minimum Gasteiger partial charge on any atom is -0.308 e. The normalized spacial score (nSPS) is 24.0. The lowest BCUT2D eigenvalue weighted by atomic mass is 9.73. The first-order valence-corrected chi connectivity index (χ1v) is 8.97. The molecular formula is C17H26Cl2N2. The number of hydrogen-bond donors (Lipinski definition) is 1. The second kappa shape index (κ2) is 8.36. The van der Waals surface area contributed by atoms with E-state index in [-0.39, 0.29) is 6.04 Å². The molecule has 1 aromatic heterocycles. The Morgan fingerprint density at radius 2 is 2.05 bits per heavy atom. The fourth-order valence-corrected chi connectivity index (χ4v) is 4.08. The van der Waals surface area contributed by atoms with Crippen LogP contribution >= 0.6 is 23.2 Å². The van der Waals surface area contributed by atoms with Crippen molar-refractivity contribution in [2.24, 2.45) is 11.8 Å². The molecule has 21 heavy (non-hydrogen) atoms. The lowest BCUT2D eigenvalue weighted by molar-refractivity contribution is 0.173. The maximum atomic E-state index is 6.43. The Kier molecular flexibility index (Phi) is 6.78. The van der Waals surface area contributed by atoms with Gasteiger partial charge >= 0.3 is 0 Å². The van der Waals surface area contributed by atoms with E-state index in [1.807, 2.05) is 6.07 Å². The van der Waals surface area contributed by atoms with E-state index in [1.54, 1.807) is 6.20 Å². The summed E-state index contributed by atoms with van der Waals surface area (Å²) in [6.45, 7) is 5.49. The molecule has 0 spiro atoms. The van der Waals surface area contributed by atoms with Crippen LogP contribution in [0.4, 0.5) is 0 Å². The highest BCUT2D eigenvalue weighted by molar-refractivity contribution is 6.34. The van der Waals surface area contributed by atoms with Crippen molar-refractivity contribution >= 4 is 23.2 Å². The first kappa shape index (κ1) is 17.1. The van der Waals surface area contributed by atoms with Gasteiger partial charge in [-0.3, -0.25) is 4.98 Å². The molecule has 0 aliphatic heterocycles. The second-order valence-electron chi connectivity index (χ2n) is 6.07. The smallest absolute Gasteiger partial charge is 0.0763 e. The highest BCUT2D eigenvalue weighted by Crippen LogP contribution is 2.41. The Labute approximate surface area is 138 Å². The fraction of sp³-hybridized carbons (Fsp3) is 0.706. The van der Waals surface area contributed by atoms with Crippen LogP contribution in [0.1, 0.15) is 64.1 Å². The van der Waals surface area contributed by atoms with E-state index in [1.165, 1.54) is 32.1 Å². The van der Waals surface area contributed by atoms with Crippen molar-refractivity contribution in [3.8, 4) is 0 Å². The summed E-state index contributed by atoms with van der Waals surface area (Å²) in [6.07, 6.45) is 9.34. The predicted molar refractivity (Wildman–Crippen MR) is 91.0 cm³/mol. The molecule has 0 aromatic carbocycles. The molecule has 1 saturated carbocycles. The quantitative estimate of drug-likeness (QED) is 0.730. The van der Waals surface area contributed by atoms with Gasteiger partial charge in [-0.25, -0.2) is 0 Å². The number of pyridine rings is 1. The molecule has 1 aliphatic carbocycles. The maximum Gasteiger partial charge on any atom is 0.0763 e. The predicted octanol–water partition coefficient (Wildman–Crippen LogP) is 5.65. The van der Waals surface area contributed by atoms with E-state index in [9.17, 15) is 0 Å². The van der Waals surface area contributed by atoms with Crippen molar-refractivity contribution in [3.63, 3.8) is 0 Å². The third kappa shape index (κ3) is 4.34. The summed E-state index contributed by atoms with van der Waals surface area (Å²) in [5, 5.41) is 4.99. The molecule has 4 heteroatoms. The van der Waals surface area contributed by atoms with Gasteiger partial charge in [0.05, 0.1) is 21.8 Å². The highest BCUT2D eigenvalue weighted by Gasteiger charge is 2.33. The van der Waals surface area contributed by atoms with E-state index in [2.05, 4.69) is 24.1 Å². The summed E-state index contributed by atoms with van der Waals surface area (Å²) < 4.78 is 0. The van der Waals surface area contributed by atoms with Gasteiger partial charge < -0.3 is 5.32 Å². The fourth-order valence-electron chi connectivity index (χ4n) is 3.59. The van der Waals surface area contributed by atoms with E-state index >= 15 is 0 Å². The SMILES string of the molecule is CCCNC(c1ncc(Cl)cc1Cl)C1CCCCC1CC. The molecule has 0 bridgehead atoms. The lowest BCUT2D eigenvalue weighted by Crippen LogP contribution is -2.35. The third-order valence-electron chi connectivity index (χ3n) is 4.67. The molecule has 1 aliphatic rings. The zero-order valence-electron chi connectivity index (χ0n) is 13.0. The minimum absolute atomic E-state index is 0.250. The molecule has 3 atom stereocenters. The van der Waals surface area contributed by atoms with Crippen molar-refractivity contribution in [3.05, 3.63) is 28.0 Å². The van der Waals surface area contributed by atoms with E-state index in [0.717, 1.165) is 24.6 Å². The van der Waals surface area contributed by atoms with Gasteiger partial charge in [-0.1, -0.05) is 62.7 Å². The molecule has 2 nitrogen and oxygen atoms in total. The molecule has 1 aromatic rings. The van der Waals surface area contributed by atoms with Crippen LogP contribution in [0.25, 0.3) is 0 Å². The van der Waals surface area contributed by atoms with Crippen molar-refractivity contribution in [2.45, 2.75) is 58.4 Å². The van der Waals surface area contributed by atoms with Gasteiger partial charge in [0.15, 0.2) is 0 Å². The van der Waals surface area contributed by atoms with Crippen LogP contribution in [0.3, 0.4) is 0 Å². The molecule has 118 valence electrons. The minimum atomic E-state index is 0.250. The van der Waals surface area contributed by atoms with Gasteiger partial charge in [0.25, 0.3) is 0 Å². The molecule has 0 amide bonds. The Balaban J connectivity index is 2.27. The number of hydrogen-bond acceptors (Lipinski definition) is 2. The second-order valence-corrected chi connectivity index (χ2v) is 6.91. The topological polar surface area (TPSA) is 24.9 Å². The molecule has 0 saturated heterocycles. The number of halogens is 2. The summed E-state index contributed by atoms with van der Waals surface area (Å²) in [5.74, 6) is 1.39. The van der Waals surface area contributed by atoms with Crippen LogP contribution in [0.5, 0.6) is 0 Å². The van der Waals surface area contributed by atoms with Crippen LogP contribution in [0.15, 0.2) is 12.3 Å². The summed E-state index contributed by atoms with van der Waals surface area (Å²) in [6, 6.07) is 2.07. The standard InChI is InChI=1S/C17H26Cl2N2/c1-3-9-20-16(14-8-6-5-7-12(14)4-2)17-15(19)10-13(18)11-21-17/h10-12,14,16,20H,3-9H2,1-2H3. The molecule has 1 N–H and O–H groups in total. The van der Waals surface area contributed by atoms with Gasteiger partial charge in [0, 0.05) is 6.20 Å². The average Bonchev–Trinajstić information content (AvgIpc) is 2.49. The number of nitrogens with one attached hydrogen (secondary N) is 1. The van der Waals surface area contributed by atoms with Crippen LogP contribution in [0, 0.1) is 11.8 Å². The van der Waals surface area contributed by atoms with Crippen LogP contribution in [-0.4, -0.2) is 11.5 Å². The van der Waals surface area contributed by atoms with Gasteiger partial charge in [-0.15, -0.1) is 0 Å². The van der Waals surface area contributed by atoms with Crippen molar-refractivity contribution in [1.82, 2.24) is 10.3 Å². The van der Waals surface area contributed by atoms with E-state index in [4.69, 9.17) is 23.2 Å². The first-order chi connectivity index (χ1) is 10.2. The van der Waals surface area contributed by atoms with E-state index < -0.39 is 0 Å². The molecule has 2 rings (SSSR count). The molecule has 3 unspecified atom stereocenters. The lowest BCUT2D eigenvalue weighted by Gasteiger charge is -2.37. The summed E-state index contributed by atoms with van der Waals surface area (Å²) >= 11 is 12.4. The van der Waals surface area contributed by atoms with Gasteiger partial charge in [0.1, 0.15) is 0 Å². The van der Waals surface area contributed by atoms with Crippen molar-refractivity contribution in [1.29, 1.82) is 0 Å². The highest BCUT2D eigenvalue weighted by atomic mass is 35.5. The summed E-state index contributed by atoms with van der Waals surface area (Å²) in [5.41, 5.74) is 0.972. The zero-order valence-corrected chi connectivity index (χ0v) is 14.6. The Bertz CT molecular complexity index is 450. The molecule has 1 heterocycles.